The molecule has 2 aromatic carbocycles. The second-order valence-electron chi connectivity index (χ2n) is 14.2. The van der Waals surface area contributed by atoms with Gasteiger partial charge in [-0.2, -0.15) is 5.11 Å². The van der Waals surface area contributed by atoms with Crippen LogP contribution in [-0.2, 0) is 21.7 Å². The number of hydrogen-bond acceptors (Lipinski definition) is 15. The van der Waals surface area contributed by atoms with Gasteiger partial charge in [-0.3, -0.25) is 4.79 Å². The monoisotopic (exact) mass is 802 g/mol. The Morgan fingerprint density at radius 1 is 1.12 bits per heavy atom. The maximum absolute atomic E-state index is 13.5. The van der Waals surface area contributed by atoms with E-state index in [1.165, 1.54) is 34.8 Å². The van der Waals surface area contributed by atoms with Crippen LogP contribution in [0, 0.1) is 12.5 Å². The highest BCUT2D eigenvalue weighted by molar-refractivity contribution is 7.13. The fourth-order valence-electron chi connectivity index (χ4n) is 7.52. The average molecular weight is 803 g/mol. The number of rotatable bonds is 16. The molecule has 4 heterocycles. The number of nitrogens with zero attached hydrogens (tertiary/aromatic N) is 2. The molecule has 1 saturated carbocycles. The fourth-order valence-corrected chi connectivity index (χ4v) is 9.37. The highest BCUT2D eigenvalue weighted by atomic mass is 32.1. The third kappa shape index (κ3) is 8.17. The smallest absolute Gasteiger partial charge is 0.349 e. The lowest BCUT2D eigenvalue weighted by Gasteiger charge is -2.35. The van der Waals surface area contributed by atoms with Crippen LogP contribution in [0.5, 0.6) is 17.2 Å². The molecule has 0 unspecified atom stereocenters. The topological polar surface area (TPSA) is 202 Å². The lowest BCUT2D eigenvalue weighted by Crippen LogP contribution is -2.42. The van der Waals surface area contributed by atoms with E-state index in [0.29, 0.717) is 62.7 Å². The molecule has 7 N–H and O–H groups in total. The van der Waals surface area contributed by atoms with Crippen molar-refractivity contribution in [2.75, 3.05) is 38.8 Å². The van der Waals surface area contributed by atoms with Crippen LogP contribution in [0.4, 0.5) is 11.4 Å². The molecule has 0 spiro atoms. The molecule has 5 aromatic rings. The first-order chi connectivity index (χ1) is 27.1. The van der Waals surface area contributed by atoms with Gasteiger partial charge in [-0.25, -0.2) is 10.3 Å². The Morgan fingerprint density at radius 3 is 2.66 bits per heavy atom. The Balaban J connectivity index is 0.892. The molecule has 0 radical (unpaired) electrons. The number of benzene rings is 2. The number of phenols is 1. The van der Waals surface area contributed by atoms with Gasteiger partial charge in [0.25, 0.3) is 0 Å². The van der Waals surface area contributed by atoms with Crippen molar-refractivity contribution in [3.63, 3.8) is 0 Å². The van der Waals surface area contributed by atoms with Gasteiger partial charge in [-0.1, -0.05) is 12.1 Å². The van der Waals surface area contributed by atoms with Crippen LogP contribution in [0.2, 0.25) is 0 Å². The van der Waals surface area contributed by atoms with Crippen LogP contribution >= 0.6 is 22.7 Å². The van der Waals surface area contributed by atoms with E-state index in [4.69, 9.17) is 19.7 Å². The van der Waals surface area contributed by atoms with Gasteiger partial charge < -0.3 is 50.0 Å². The van der Waals surface area contributed by atoms with Crippen molar-refractivity contribution in [3.8, 4) is 17.2 Å². The Morgan fingerprint density at radius 2 is 1.93 bits per heavy atom. The number of nitrogens with one attached hydrogen (secondary N) is 4. The summed E-state index contributed by atoms with van der Waals surface area (Å²) in [6, 6.07) is 15.4. The van der Waals surface area contributed by atoms with Gasteiger partial charge in [0.05, 0.1) is 21.4 Å². The number of carbonyl (C=O) groups excluding carboxylic acids is 1. The van der Waals surface area contributed by atoms with Crippen LogP contribution in [-0.4, -0.2) is 76.8 Å². The van der Waals surface area contributed by atoms with E-state index in [9.17, 15) is 24.9 Å². The predicted octanol–water partition coefficient (Wildman–Crippen LogP) is 6.40. The number of H-pyrrole nitrogens is 1. The first kappa shape index (κ1) is 39.4. The van der Waals surface area contributed by atoms with Crippen LogP contribution in [0.3, 0.4) is 0 Å². The first-order valence-corrected chi connectivity index (χ1v) is 20.3. The zero-order chi connectivity index (χ0) is 39.4. The SMILES string of the molecule is Cc1ccc([C@@](O)(C(=O)OC2CCC(N(C)CCCNc3c(N=N)cc(CNC[C@H](O)c4ccc(O)c5[nH]c(=O)ccc45)c4c3OCO4)CC2)c2cccs2)s1. The van der Waals surface area contributed by atoms with Crippen LogP contribution < -0.4 is 25.7 Å². The minimum atomic E-state index is -1.81. The summed E-state index contributed by atoms with van der Waals surface area (Å²) in [6.07, 6.45) is 2.80. The molecule has 2 aliphatic rings. The Labute approximate surface area is 331 Å². The van der Waals surface area contributed by atoms with Gasteiger partial charge in [0.1, 0.15) is 23.2 Å². The third-order valence-corrected chi connectivity index (χ3v) is 12.6. The van der Waals surface area contributed by atoms with Crippen LogP contribution in [0.25, 0.3) is 10.9 Å². The number of esters is 1. The molecular formula is C40H46N6O8S2. The maximum atomic E-state index is 13.5. The Hall–Kier alpha value is -4.84. The lowest BCUT2D eigenvalue weighted by atomic mass is 9.91. The first-order valence-electron chi connectivity index (χ1n) is 18.6. The summed E-state index contributed by atoms with van der Waals surface area (Å²) >= 11 is 2.74. The van der Waals surface area contributed by atoms with Gasteiger partial charge in [-0.05, 0) is 100.0 Å². The van der Waals surface area contributed by atoms with Gasteiger partial charge in [0.2, 0.25) is 18.0 Å². The number of ether oxygens (including phenoxy) is 3. The number of thiophene rings is 2. The molecule has 2 atom stereocenters. The number of aromatic amines is 1. The number of aliphatic hydroxyl groups is 2. The maximum Gasteiger partial charge on any atom is 0.349 e. The number of aliphatic hydroxyl groups excluding tert-OH is 1. The van der Waals surface area contributed by atoms with E-state index >= 15 is 0 Å². The van der Waals surface area contributed by atoms with Gasteiger partial charge in [-0.15, -0.1) is 22.7 Å². The van der Waals surface area contributed by atoms with Crippen molar-refractivity contribution in [2.45, 2.75) is 69.4 Å². The Bertz CT molecular complexity index is 2240. The summed E-state index contributed by atoms with van der Waals surface area (Å²) in [5.74, 6) is 0.341. The van der Waals surface area contributed by atoms with E-state index < -0.39 is 17.7 Å². The number of phenolic OH excluding ortho intramolecular Hbond substituents is 1. The Kier molecular flexibility index (Phi) is 12.0. The zero-order valence-corrected chi connectivity index (χ0v) is 32.8. The third-order valence-electron chi connectivity index (χ3n) is 10.5. The molecule has 1 aliphatic heterocycles. The number of aromatic hydroxyl groups is 1. The fraction of sp³-hybridized carbons (Fsp3) is 0.400. The summed E-state index contributed by atoms with van der Waals surface area (Å²) in [5.41, 5.74) is 8.27. The van der Waals surface area contributed by atoms with E-state index in [-0.39, 0.29) is 36.3 Å². The van der Waals surface area contributed by atoms with Crippen molar-refractivity contribution >= 4 is 50.9 Å². The van der Waals surface area contributed by atoms with E-state index in [2.05, 4.69) is 32.7 Å². The van der Waals surface area contributed by atoms with Crippen LogP contribution in [0.1, 0.15) is 64.0 Å². The number of anilines is 1. The molecule has 16 heteroatoms. The van der Waals surface area contributed by atoms with E-state index in [0.717, 1.165) is 49.1 Å². The minimum Gasteiger partial charge on any atom is -0.506 e. The van der Waals surface area contributed by atoms with Crippen molar-refractivity contribution in [3.05, 3.63) is 96.1 Å². The normalized spacial score (nSPS) is 18.2. The number of hydrogen-bond donors (Lipinski definition) is 7. The van der Waals surface area contributed by atoms with Gasteiger partial charge >= 0.3 is 5.97 Å². The molecule has 14 nitrogen and oxygen atoms in total. The number of pyridine rings is 1. The second-order valence-corrected chi connectivity index (χ2v) is 16.5. The van der Waals surface area contributed by atoms with Crippen molar-refractivity contribution in [2.24, 2.45) is 5.11 Å². The largest absolute Gasteiger partial charge is 0.506 e. The molecule has 7 rings (SSSR count). The van der Waals surface area contributed by atoms with Gasteiger partial charge in [0.15, 0.2) is 11.5 Å². The molecule has 3 aromatic heterocycles. The standard InChI is InChI=1S/C40H46N6O8S2/c1-23-6-14-33(56-23)40(51,32-5-3-18-55-32)39(50)54-26-9-7-25(8-10-26)46(2)17-4-16-43-36-29(45-41)19-24(37-38(36)53-22-52-37)20-42-21-31(48)27-11-13-30(47)35-28(27)12-15-34(49)44-35/h3,5-6,11-15,18-19,25-26,31,41-43,47-48,51H,4,7-10,16-17,20-22H2,1-2H3,(H,44,49)/t25?,26?,31-,40+/m0/s1. The summed E-state index contributed by atoms with van der Waals surface area (Å²) in [6.45, 7) is 3.87. The molecule has 296 valence electrons. The molecule has 1 fully saturated rings. The molecule has 0 bridgehead atoms. The van der Waals surface area contributed by atoms with Crippen molar-refractivity contribution in [1.82, 2.24) is 15.2 Å². The van der Waals surface area contributed by atoms with Crippen molar-refractivity contribution in [1.29, 1.82) is 5.53 Å². The number of aromatic nitrogens is 1. The number of aryl methyl sites for hydroxylation is 1. The average Bonchev–Trinajstić information content (AvgIpc) is 4.01. The number of fused-ring (bicyclic) bond motifs is 2. The minimum absolute atomic E-state index is 0.0283. The summed E-state index contributed by atoms with van der Waals surface area (Å²) in [7, 11) is 2.11. The lowest BCUT2D eigenvalue weighted by molar-refractivity contribution is -0.169. The zero-order valence-electron chi connectivity index (χ0n) is 31.2. The molecule has 1 aliphatic carbocycles. The molecule has 56 heavy (non-hydrogen) atoms. The quantitative estimate of drug-likeness (QED) is 0.0331. The summed E-state index contributed by atoms with van der Waals surface area (Å²) in [5, 5.41) is 45.7. The second kappa shape index (κ2) is 17.1. The summed E-state index contributed by atoms with van der Waals surface area (Å²) < 4.78 is 17.6. The molecule has 0 amide bonds. The van der Waals surface area contributed by atoms with Gasteiger partial charge in [0, 0.05) is 47.6 Å². The highest BCUT2D eigenvalue weighted by Crippen LogP contribution is 2.48. The van der Waals surface area contributed by atoms with E-state index in [1.54, 1.807) is 30.3 Å². The summed E-state index contributed by atoms with van der Waals surface area (Å²) in [4.78, 5) is 32.4. The van der Waals surface area contributed by atoms with Crippen LogP contribution in [0.15, 0.2) is 69.9 Å². The predicted molar refractivity (Wildman–Crippen MR) is 215 cm³/mol. The number of carbonyl (C=O) groups is 1. The molecule has 0 saturated heterocycles. The van der Waals surface area contributed by atoms with E-state index in [1.807, 2.05) is 24.4 Å². The molecular weight excluding hydrogens is 757 g/mol. The highest BCUT2D eigenvalue weighted by Gasteiger charge is 2.45. The van der Waals surface area contributed by atoms with Crippen molar-refractivity contribution < 1.29 is 34.3 Å².